The summed E-state index contributed by atoms with van der Waals surface area (Å²) in [6.45, 7) is 3.59. The molecule has 2 aromatic heterocycles. The van der Waals surface area contributed by atoms with Gasteiger partial charge in [-0.2, -0.15) is 10.4 Å². The van der Waals surface area contributed by atoms with Crippen molar-refractivity contribution in [1.82, 2.24) is 15.2 Å². The van der Waals surface area contributed by atoms with Gasteiger partial charge in [0, 0.05) is 0 Å². The van der Waals surface area contributed by atoms with Crippen molar-refractivity contribution < 1.29 is 4.74 Å². The van der Waals surface area contributed by atoms with Crippen LogP contribution in [0.5, 0.6) is 11.6 Å². The average Bonchev–Trinajstić information content (AvgIpc) is 2.37. The summed E-state index contributed by atoms with van der Waals surface area (Å²) in [4.78, 5) is 3.88. The van der Waals surface area contributed by atoms with Crippen LogP contribution in [0.3, 0.4) is 0 Å². The lowest BCUT2D eigenvalue weighted by molar-refractivity contribution is 0.450. The maximum Gasteiger partial charge on any atom is 0.257 e. The number of hydrogen-bond acceptors (Lipinski definition) is 5. The van der Waals surface area contributed by atoms with Crippen LogP contribution in [0.4, 0.5) is 0 Å². The van der Waals surface area contributed by atoms with E-state index < -0.39 is 0 Å². The highest BCUT2D eigenvalue weighted by Crippen LogP contribution is 2.25. The van der Waals surface area contributed by atoms with Crippen molar-refractivity contribution in [2.24, 2.45) is 0 Å². The van der Waals surface area contributed by atoms with Crippen LogP contribution in [-0.4, -0.2) is 15.2 Å². The van der Waals surface area contributed by atoms with E-state index in [9.17, 15) is 0 Å². The van der Waals surface area contributed by atoms with Gasteiger partial charge >= 0.3 is 0 Å². The fourth-order valence-electron chi connectivity index (χ4n) is 1.32. The molecule has 18 heavy (non-hydrogen) atoms. The van der Waals surface area contributed by atoms with Gasteiger partial charge in [-0.05, 0) is 31.5 Å². The van der Waals surface area contributed by atoms with Crippen molar-refractivity contribution in [3.8, 4) is 17.7 Å². The first-order valence-corrected chi connectivity index (χ1v) is 5.53. The Kier molecular flexibility index (Phi) is 3.40. The lowest BCUT2D eigenvalue weighted by atomic mass is 10.1. The summed E-state index contributed by atoms with van der Waals surface area (Å²) in [6, 6.07) is 5.30. The van der Waals surface area contributed by atoms with Gasteiger partial charge in [-0.3, -0.25) is 0 Å². The number of nitriles is 1. The van der Waals surface area contributed by atoms with E-state index in [2.05, 4.69) is 21.3 Å². The highest BCUT2D eigenvalue weighted by molar-refractivity contribution is 6.29. The Labute approximate surface area is 109 Å². The normalized spacial score (nSPS) is 9.89. The molecule has 2 rings (SSSR count). The first-order valence-electron chi connectivity index (χ1n) is 5.15. The van der Waals surface area contributed by atoms with Gasteiger partial charge in [0.1, 0.15) is 22.5 Å². The number of ether oxygens (including phenoxy) is 1. The maximum atomic E-state index is 9.11. The van der Waals surface area contributed by atoms with E-state index in [4.69, 9.17) is 21.6 Å². The van der Waals surface area contributed by atoms with Gasteiger partial charge in [-0.1, -0.05) is 11.6 Å². The second-order valence-corrected chi connectivity index (χ2v) is 4.01. The number of nitrogens with zero attached hydrogens (tertiary/aromatic N) is 4. The molecule has 0 amide bonds. The van der Waals surface area contributed by atoms with E-state index in [0.29, 0.717) is 22.2 Å². The Balaban J connectivity index is 2.38. The molecule has 0 aliphatic carbocycles. The molecule has 0 aromatic carbocycles. The molecule has 0 radical (unpaired) electrons. The highest BCUT2D eigenvalue weighted by atomic mass is 35.5. The Morgan fingerprint density at radius 3 is 2.67 bits per heavy atom. The zero-order valence-electron chi connectivity index (χ0n) is 9.81. The third-order valence-corrected chi connectivity index (χ3v) is 2.67. The molecule has 2 aromatic rings. The molecule has 0 saturated heterocycles. The molecule has 0 atom stereocenters. The van der Waals surface area contributed by atoms with E-state index in [1.807, 2.05) is 0 Å². The van der Waals surface area contributed by atoms with E-state index in [1.54, 1.807) is 26.0 Å². The SMILES string of the molecule is Cc1nnc(Oc2ccc(Cl)nc2)c(C#N)c1C. The van der Waals surface area contributed by atoms with Gasteiger partial charge in [0.05, 0.1) is 11.9 Å². The first kappa shape index (κ1) is 12.3. The molecule has 0 spiro atoms. The molecule has 6 heteroatoms. The minimum Gasteiger partial charge on any atom is -0.435 e. The van der Waals surface area contributed by atoms with Gasteiger partial charge in [0.15, 0.2) is 0 Å². The minimum atomic E-state index is 0.171. The predicted octanol–water partition coefficient (Wildman–Crippen LogP) is 2.81. The standard InChI is InChI=1S/C12H9ClN4O/c1-7-8(2)16-17-12(10(7)5-14)18-9-3-4-11(13)15-6-9/h3-4,6H,1-2H3. The third-order valence-electron chi connectivity index (χ3n) is 2.45. The molecule has 0 fully saturated rings. The molecule has 0 aliphatic rings. The molecule has 0 aliphatic heterocycles. The molecule has 90 valence electrons. The number of rotatable bonds is 2. The van der Waals surface area contributed by atoms with Crippen molar-refractivity contribution in [2.75, 3.05) is 0 Å². The quantitative estimate of drug-likeness (QED) is 0.777. The second-order valence-electron chi connectivity index (χ2n) is 3.62. The maximum absolute atomic E-state index is 9.11. The monoisotopic (exact) mass is 260 g/mol. The van der Waals surface area contributed by atoms with Crippen molar-refractivity contribution in [3.05, 3.63) is 40.3 Å². The smallest absolute Gasteiger partial charge is 0.257 e. The fourth-order valence-corrected chi connectivity index (χ4v) is 1.44. The van der Waals surface area contributed by atoms with Crippen LogP contribution in [-0.2, 0) is 0 Å². The lowest BCUT2D eigenvalue weighted by Crippen LogP contribution is -2.00. The third kappa shape index (κ3) is 2.39. The molecule has 2 heterocycles. The zero-order chi connectivity index (χ0) is 13.1. The van der Waals surface area contributed by atoms with E-state index in [1.165, 1.54) is 6.20 Å². The van der Waals surface area contributed by atoms with Crippen molar-refractivity contribution in [1.29, 1.82) is 5.26 Å². The molecular formula is C12H9ClN4O. The first-order chi connectivity index (χ1) is 8.61. The molecule has 0 N–H and O–H groups in total. The summed E-state index contributed by atoms with van der Waals surface area (Å²) in [5, 5.41) is 17.3. The van der Waals surface area contributed by atoms with Gasteiger partial charge in [-0.25, -0.2) is 4.98 Å². The summed E-state index contributed by atoms with van der Waals surface area (Å²) in [5.41, 5.74) is 1.83. The van der Waals surface area contributed by atoms with Crippen LogP contribution in [0.25, 0.3) is 0 Å². The summed E-state index contributed by atoms with van der Waals surface area (Å²) in [5.74, 6) is 0.623. The number of hydrogen-bond donors (Lipinski definition) is 0. The van der Waals surface area contributed by atoms with E-state index in [0.717, 1.165) is 5.56 Å². The minimum absolute atomic E-state index is 0.171. The zero-order valence-corrected chi connectivity index (χ0v) is 10.6. The molecule has 0 bridgehead atoms. The van der Waals surface area contributed by atoms with Crippen LogP contribution >= 0.6 is 11.6 Å². The van der Waals surface area contributed by atoms with Crippen LogP contribution < -0.4 is 4.74 Å². The number of aromatic nitrogens is 3. The Bertz CT molecular complexity index is 619. The Morgan fingerprint density at radius 2 is 2.06 bits per heavy atom. The largest absolute Gasteiger partial charge is 0.435 e. The number of aryl methyl sites for hydroxylation is 1. The summed E-state index contributed by atoms with van der Waals surface area (Å²) in [7, 11) is 0. The van der Waals surface area contributed by atoms with Crippen LogP contribution in [0.2, 0.25) is 5.15 Å². The fraction of sp³-hybridized carbons (Fsp3) is 0.167. The summed E-state index contributed by atoms with van der Waals surface area (Å²) >= 11 is 5.67. The summed E-state index contributed by atoms with van der Waals surface area (Å²) in [6.07, 6.45) is 1.46. The van der Waals surface area contributed by atoms with E-state index in [-0.39, 0.29) is 5.88 Å². The number of pyridine rings is 1. The summed E-state index contributed by atoms with van der Waals surface area (Å²) < 4.78 is 5.47. The van der Waals surface area contributed by atoms with Crippen LogP contribution in [0, 0.1) is 25.2 Å². The highest BCUT2D eigenvalue weighted by Gasteiger charge is 2.12. The van der Waals surface area contributed by atoms with Gasteiger partial charge in [0.2, 0.25) is 0 Å². The van der Waals surface area contributed by atoms with Crippen molar-refractivity contribution in [2.45, 2.75) is 13.8 Å². The predicted molar refractivity (Wildman–Crippen MR) is 65.5 cm³/mol. The van der Waals surface area contributed by atoms with Gasteiger partial charge in [0.25, 0.3) is 5.88 Å². The lowest BCUT2D eigenvalue weighted by Gasteiger charge is -2.08. The molecule has 5 nitrogen and oxygen atoms in total. The van der Waals surface area contributed by atoms with Gasteiger partial charge in [-0.15, -0.1) is 5.10 Å². The average molecular weight is 261 g/mol. The van der Waals surface area contributed by atoms with Gasteiger partial charge < -0.3 is 4.74 Å². The second kappa shape index (κ2) is 4.98. The van der Waals surface area contributed by atoms with Crippen LogP contribution in [0.1, 0.15) is 16.8 Å². The molecular weight excluding hydrogens is 252 g/mol. The number of halogens is 1. The van der Waals surface area contributed by atoms with Crippen molar-refractivity contribution >= 4 is 11.6 Å². The van der Waals surface area contributed by atoms with E-state index >= 15 is 0 Å². The molecule has 0 unspecified atom stereocenters. The Morgan fingerprint density at radius 1 is 1.28 bits per heavy atom. The van der Waals surface area contributed by atoms with Crippen molar-refractivity contribution in [3.63, 3.8) is 0 Å². The van der Waals surface area contributed by atoms with Crippen LogP contribution in [0.15, 0.2) is 18.3 Å². The molecule has 0 saturated carbocycles. The Hall–Kier alpha value is -2.19. The topological polar surface area (TPSA) is 71.7 Å².